The minimum absolute atomic E-state index is 0.0123. The van der Waals surface area contributed by atoms with Gasteiger partial charge in [-0.1, -0.05) is 11.8 Å². The van der Waals surface area contributed by atoms with Crippen molar-refractivity contribution in [3.8, 4) is 17.9 Å². The van der Waals surface area contributed by atoms with Gasteiger partial charge in [-0.2, -0.15) is 18.4 Å². The van der Waals surface area contributed by atoms with Crippen molar-refractivity contribution in [1.29, 1.82) is 5.26 Å². The van der Waals surface area contributed by atoms with Gasteiger partial charge in [0.05, 0.1) is 11.1 Å². The average Bonchev–Trinajstić information content (AvgIpc) is 2.66. The van der Waals surface area contributed by atoms with Crippen molar-refractivity contribution in [2.45, 2.75) is 31.2 Å². The number of nitrogens with two attached hydrogens (primary N) is 1. The van der Waals surface area contributed by atoms with E-state index in [-0.39, 0.29) is 11.4 Å². The van der Waals surface area contributed by atoms with E-state index in [9.17, 15) is 17.6 Å². The van der Waals surface area contributed by atoms with Crippen LogP contribution in [0.3, 0.4) is 0 Å². The zero-order valence-electron chi connectivity index (χ0n) is 15.0. The van der Waals surface area contributed by atoms with E-state index in [1.54, 1.807) is 6.07 Å². The first-order valence-corrected chi connectivity index (χ1v) is 8.23. The molecule has 1 aromatic heterocycles. The average molecular weight is 403 g/mol. The number of hydrogen-bond acceptors (Lipinski definition) is 6. The number of hydrogen-bond donors (Lipinski definition) is 1. The molecule has 1 aliphatic heterocycles. The first-order chi connectivity index (χ1) is 13.6. The minimum atomic E-state index is -4.68. The second kappa shape index (κ2) is 7.40. The minimum Gasteiger partial charge on any atom is -0.452 e. The Kier molecular flexibility index (Phi) is 5.12. The maximum Gasteiger partial charge on any atom is 0.425 e. The van der Waals surface area contributed by atoms with Crippen LogP contribution in [-0.4, -0.2) is 28.3 Å². The normalized spacial score (nSPS) is 21.2. The van der Waals surface area contributed by atoms with Crippen LogP contribution < -0.4 is 5.73 Å². The predicted molar refractivity (Wildman–Crippen MR) is 93.6 cm³/mol. The fourth-order valence-corrected chi connectivity index (χ4v) is 2.83. The van der Waals surface area contributed by atoms with Crippen molar-refractivity contribution >= 4 is 6.02 Å². The number of nitriles is 1. The Balaban J connectivity index is 1.96. The molecule has 6 nitrogen and oxygen atoms in total. The molecule has 2 heterocycles. The van der Waals surface area contributed by atoms with Gasteiger partial charge in [-0.25, -0.2) is 19.4 Å². The van der Waals surface area contributed by atoms with E-state index in [2.05, 4.69) is 31.5 Å². The third-order valence-electron chi connectivity index (χ3n) is 4.22. The molecule has 3 rings (SSSR count). The maximum absolute atomic E-state index is 14.5. The lowest BCUT2D eigenvalue weighted by molar-refractivity contribution is -0.208. The Hall–Kier alpha value is -3.66. The van der Waals surface area contributed by atoms with Gasteiger partial charge in [0, 0.05) is 29.9 Å². The van der Waals surface area contributed by atoms with Crippen LogP contribution in [0.25, 0.3) is 0 Å². The molecule has 0 amide bonds. The number of benzene rings is 1. The lowest BCUT2D eigenvalue weighted by atomic mass is 9.85. The lowest BCUT2D eigenvalue weighted by Gasteiger charge is -2.35. The summed E-state index contributed by atoms with van der Waals surface area (Å²) in [6, 6.07) is 4.92. The Labute approximate surface area is 163 Å². The molecule has 0 radical (unpaired) electrons. The van der Waals surface area contributed by atoms with E-state index < -0.39 is 36.1 Å². The highest BCUT2D eigenvalue weighted by molar-refractivity contribution is 5.73. The number of alkyl halides is 3. The maximum atomic E-state index is 14.5. The largest absolute Gasteiger partial charge is 0.452 e. The number of ether oxygens (including phenoxy) is 1. The fourth-order valence-electron chi connectivity index (χ4n) is 2.83. The number of nitrogens with zero attached hydrogens (tertiary/aromatic N) is 4. The molecule has 2 aromatic rings. The fraction of sp³-hybridized carbons (Fsp3) is 0.263. The summed E-state index contributed by atoms with van der Waals surface area (Å²) >= 11 is 0. The van der Waals surface area contributed by atoms with Crippen LogP contribution in [0, 0.1) is 29.0 Å². The molecule has 148 valence electrons. The van der Waals surface area contributed by atoms with Crippen molar-refractivity contribution in [2.75, 3.05) is 0 Å². The van der Waals surface area contributed by atoms with E-state index >= 15 is 0 Å². The predicted octanol–water partition coefficient (Wildman–Crippen LogP) is 2.77. The third-order valence-corrected chi connectivity index (χ3v) is 4.22. The number of aromatic nitrogens is 2. The summed E-state index contributed by atoms with van der Waals surface area (Å²) in [6.07, 6.45) is -4.81. The molecular formula is C19H13F4N5O. The van der Waals surface area contributed by atoms with Crippen molar-refractivity contribution in [2.24, 2.45) is 10.7 Å². The van der Waals surface area contributed by atoms with Gasteiger partial charge in [0.1, 0.15) is 11.9 Å². The van der Waals surface area contributed by atoms with Crippen LogP contribution in [0.15, 0.2) is 35.6 Å². The molecule has 0 unspecified atom stereocenters. The molecule has 0 bridgehead atoms. The highest BCUT2D eigenvalue weighted by Crippen LogP contribution is 2.40. The van der Waals surface area contributed by atoms with Gasteiger partial charge < -0.3 is 10.5 Å². The van der Waals surface area contributed by atoms with Crippen molar-refractivity contribution in [3.63, 3.8) is 0 Å². The topological polar surface area (TPSA) is 97.2 Å². The van der Waals surface area contributed by atoms with E-state index in [0.717, 1.165) is 6.07 Å². The summed E-state index contributed by atoms with van der Waals surface area (Å²) in [5, 5.41) is 8.68. The Morgan fingerprint density at radius 2 is 1.86 bits per heavy atom. The molecule has 1 aromatic carbocycles. The van der Waals surface area contributed by atoms with Crippen LogP contribution in [0.2, 0.25) is 0 Å². The standard InChI is InChI=1S/C19H13F4N5O/c1-18(7-15(19(21,22)23)29-17(25)28-18)13-6-11(4-5-14(13)20)2-3-12-9-26-16(8-24)27-10-12/h4-6,9-10,15H,7H2,1H3,(H2,25,28)/t15-,18-/m0/s1. The second-order valence-electron chi connectivity index (χ2n) is 6.43. The van der Waals surface area contributed by atoms with E-state index in [1.165, 1.54) is 31.5 Å². The highest BCUT2D eigenvalue weighted by atomic mass is 19.4. The molecule has 2 N–H and O–H groups in total. The summed E-state index contributed by atoms with van der Waals surface area (Å²) in [4.78, 5) is 11.5. The van der Waals surface area contributed by atoms with Crippen LogP contribution in [0.1, 0.15) is 35.9 Å². The van der Waals surface area contributed by atoms with Crippen LogP contribution in [0.4, 0.5) is 17.6 Å². The lowest BCUT2D eigenvalue weighted by Crippen LogP contribution is -2.46. The van der Waals surface area contributed by atoms with E-state index in [4.69, 9.17) is 11.0 Å². The molecule has 2 atom stereocenters. The quantitative estimate of drug-likeness (QED) is 0.583. The molecule has 10 heteroatoms. The van der Waals surface area contributed by atoms with Gasteiger partial charge in [0.15, 0.2) is 6.10 Å². The number of rotatable bonds is 1. The molecule has 0 saturated carbocycles. The number of halogens is 4. The Morgan fingerprint density at radius 1 is 1.21 bits per heavy atom. The summed E-state index contributed by atoms with van der Waals surface area (Å²) in [7, 11) is 0. The Morgan fingerprint density at radius 3 is 2.48 bits per heavy atom. The summed E-state index contributed by atoms with van der Waals surface area (Å²) in [6.45, 7) is 1.35. The van der Waals surface area contributed by atoms with Gasteiger partial charge >= 0.3 is 6.18 Å². The molecular weight excluding hydrogens is 390 g/mol. The third kappa shape index (κ3) is 4.43. The van der Waals surface area contributed by atoms with E-state index in [1.807, 2.05) is 0 Å². The Bertz CT molecular complexity index is 1060. The molecule has 1 aliphatic rings. The summed E-state index contributed by atoms with van der Waals surface area (Å²) in [5.74, 6) is 4.76. The van der Waals surface area contributed by atoms with Gasteiger partial charge in [0.2, 0.25) is 5.82 Å². The molecule has 0 saturated heterocycles. The van der Waals surface area contributed by atoms with Gasteiger partial charge in [-0.15, -0.1) is 0 Å². The monoisotopic (exact) mass is 403 g/mol. The molecule has 29 heavy (non-hydrogen) atoms. The molecule has 0 spiro atoms. The van der Waals surface area contributed by atoms with Gasteiger partial charge in [-0.05, 0) is 25.1 Å². The SMILES string of the molecule is C[C@@]1(c2cc(C#Cc3cnc(C#N)nc3)ccc2F)C[C@@H](C(F)(F)F)OC(N)=N1. The first-order valence-electron chi connectivity index (χ1n) is 8.23. The van der Waals surface area contributed by atoms with E-state index in [0.29, 0.717) is 11.1 Å². The highest BCUT2D eigenvalue weighted by Gasteiger charge is 2.50. The van der Waals surface area contributed by atoms with Crippen molar-refractivity contribution in [1.82, 2.24) is 9.97 Å². The molecule has 0 aliphatic carbocycles. The van der Waals surface area contributed by atoms with Crippen LogP contribution in [0.5, 0.6) is 0 Å². The van der Waals surface area contributed by atoms with Crippen LogP contribution >= 0.6 is 0 Å². The zero-order chi connectivity index (χ0) is 21.2. The number of amidine groups is 1. The summed E-state index contributed by atoms with van der Waals surface area (Å²) in [5.41, 5.74) is 4.51. The number of aliphatic imine (C=N–C) groups is 1. The van der Waals surface area contributed by atoms with Crippen LogP contribution in [-0.2, 0) is 10.3 Å². The first kappa shape index (κ1) is 20.1. The van der Waals surface area contributed by atoms with Crippen molar-refractivity contribution < 1.29 is 22.3 Å². The van der Waals surface area contributed by atoms with Gasteiger partial charge in [-0.3, -0.25) is 0 Å². The smallest absolute Gasteiger partial charge is 0.425 e. The molecule has 0 fully saturated rings. The second-order valence-corrected chi connectivity index (χ2v) is 6.43. The zero-order valence-corrected chi connectivity index (χ0v) is 15.0. The van der Waals surface area contributed by atoms with Gasteiger partial charge in [0.25, 0.3) is 6.02 Å². The van der Waals surface area contributed by atoms with Crippen molar-refractivity contribution in [3.05, 3.63) is 58.9 Å². The summed E-state index contributed by atoms with van der Waals surface area (Å²) < 4.78 is 58.4.